The number of hydrogen-bond acceptors (Lipinski definition) is 12. The van der Waals surface area contributed by atoms with E-state index in [9.17, 15) is 0 Å². The largest absolute Gasteiger partial charge is 0.208 e. The van der Waals surface area contributed by atoms with Crippen LogP contribution in [0.15, 0.2) is 455 Å². The summed E-state index contributed by atoms with van der Waals surface area (Å²) in [5, 5.41) is 7.62. The minimum atomic E-state index is -0.505. The van der Waals surface area contributed by atoms with E-state index in [4.69, 9.17) is 44.9 Å². The Morgan fingerprint density at radius 2 is 0.393 bits per heavy atom. The molecule has 1 spiro atoms. The van der Waals surface area contributed by atoms with Crippen LogP contribution >= 0.6 is 34.0 Å². The molecule has 0 atom stereocenters. The van der Waals surface area contributed by atoms with Gasteiger partial charge in [-0.05, 0) is 137 Å². The van der Waals surface area contributed by atoms with Crippen molar-refractivity contribution < 1.29 is 0 Å². The summed E-state index contributed by atoms with van der Waals surface area (Å²) in [6.45, 7) is 4.60. The van der Waals surface area contributed by atoms with E-state index in [2.05, 4.69) is 414 Å². The van der Waals surface area contributed by atoms with Crippen LogP contribution in [0, 0.1) is 0 Å². The van der Waals surface area contributed by atoms with Gasteiger partial charge in [-0.1, -0.05) is 432 Å². The van der Waals surface area contributed by atoms with E-state index in [-0.39, 0.29) is 5.41 Å². The number of nitrogens with zero attached hydrogens (tertiary/aromatic N) is 9. The third-order valence-corrected chi connectivity index (χ3v) is 32.1. The number of rotatable bonds is 11. The molecular weight excluding hydrogens is 1760 g/mol. The van der Waals surface area contributed by atoms with E-state index in [1.807, 2.05) is 77.3 Å². The van der Waals surface area contributed by atoms with Gasteiger partial charge in [0.05, 0.1) is 10.8 Å². The molecule has 656 valence electrons. The first-order valence-corrected chi connectivity index (χ1v) is 49.8. The van der Waals surface area contributed by atoms with Crippen molar-refractivity contribution >= 4 is 94.5 Å². The Balaban J connectivity index is 0.000000106. The summed E-state index contributed by atoms with van der Waals surface area (Å²) in [4.78, 5) is 46.5. The second-order valence-corrected chi connectivity index (χ2v) is 40.0. The van der Waals surface area contributed by atoms with Crippen LogP contribution in [0.3, 0.4) is 0 Å². The smallest absolute Gasteiger partial charge is 0.164 e. The predicted octanol–water partition coefficient (Wildman–Crippen LogP) is 32.7. The van der Waals surface area contributed by atoms with Crippen LogP contribution in [-0.4, -0.2) is 44.9 Å². The molecule has 12 heteroatoms. The standard InChI is InChI=1S/C46H27N3S.C46H29N3S.C36H25N3S/c1-2-13-28(14-3-1)43-47-44(29-25-26-33-32-17-7-11-24-40(32)50-41(33)27-29)49-45(48-43)35-19-12-23-39-42(35)34-18-6-10-22-38(34)46(39)36-20-8-4-15-30(36)31-16-5-9-21-37(31)46;1-4-15-30(16-5-1)43-47-44(31-27-28-35-34-21-11-13-26-40(34)50-41(35)29-31)49-45(48-43)37-23-14-25-39-42(37)36-22-10-12-24-38(36)46(39,32-17-6-2-7-18-32)33-19-8-3-9-20-33;1-36(2)28-16-8-6-14-26(28)32-27(15-10-17-29(32)36)35-38-33(22-11-4-3-5-12-22)37-34(39-35)23-19-20-25-24-13-7-9-18-30(24)40-31(25)21-23/h1-27H;1-29H;3-21H,1-2H3. The van der Waals surface area contributed by atoms with Crippen LogP contribution in [0.25, 0.3) is 208 Å². The number of benzene rings is 19. The molecule has 6 heterocycles. The average Bonchev–Trinajstić information content (AvgIpc) is 1.49. The molecule has 29 rings (SSSR count). The van der Waals surface area contributed by atoms with Crippen LogP contribution in [0.2, 0.25) is 0 Å². The lowest BCUT2D eigenvalue weighted by Gasteiger charge is -2.33. The third kappa shape index (κ3) is 13.1. The highest BCUT2D eigenvalue weighted by molar-refractivity contribution is 7.26. The SMILES string of the molecule is CC1(C)c2ccccc2-c2c(-c3nc(-c4ccccc4)nc(-c4ccc5c(c4)sc4ccccc45)n3)cccc21.c1ccc(-c2nc(-c3ccc4c(c3)sc3ccccc34)nc(-c3cccc4c3-c3ccccc3C4(c3ccccc3)c3ccccc3)n2)cc1.c1ccc(-c2nc(-c3ccc4c(c3)sc3ccccc34)nc(-c3cccc4c3-c3ccccc3C43c4ccccc4-c4ccccc43)n2)cc1. The van der Waals surface area contributed by atoms with Gasteiger partial charge in [0.2, 0.25) is 0 Å². The first kappa shape index (κ1) is 82.3. The van der Waals surface area contributed by atoms with Crippen LogP contribution in [0.4, 0.5) is 0 Å². The molecule has 0 saturated carbocycles. The summed E-state index contributed by atoms with van der Waals surface area (Å²) in [5.74, 6) is 6.05. The Bertz CT molecular complexity index is 8940. The van der Waals surface area contributed by atoms with E-state index >= 15 is 0 Å². The minimum Gasteiger partial charge on any atom is -0.208 e. The molecule has 0 amide bonds. The Kier molecular flexibility index (Phi) is 19.5. The fourth-order valence-electron chi connectivity index (χ4n) is 22.6. The molecule has 25 aromatic rings. The maximum absolute atomic E-state index is 5.30. The zero-order valence-corrected chi connectivity index (χ0v) is 78.5. The minimum absolute atomic E-state index is 0.0910. The zero-order chi connectivity index (χ0) is 92.7. The fourth-order valence-corrected chi connectivity index (χ4v) is 26.0. The number of aromatic nitrogens is 9. The van der Waals surface area contributed by atoms with Crippen molar-refractivity contribution in [3.8, 4) is 147 Å². The highest BCUT2D eigenvalue weighted by Crippen LogP contribution is 2.65. The van der Waals surface area contributed by atoms with Crippen LogP contribution in [0.5, 0.6) is 0 Å². The van der Waals surface area contributed by atoms with Crippen molar-refractivity contribution in [2.45, 2.75) is 30.1 Å². The van der Waals surface area contributed by atoms with E-state index < -0.39 is 10.8 Å². The number of fused-ring (bicyclic) bond motifs is 25. The molecule has 0 N–H and O–H groups in total. The molecule has 0 fully saturated rings. The van der Waals surface area contributed by atoms with Crippen LogP contribution < -0.4 is 0 Å². The molecule has 0 aliphatic heterocycles. The molecule has 140 heavy (non-hydrogen) atoms. The monoisotopic (exact) mass is 1840 g/mol. The van der Waals surface area contributed by atoms with Crippen molar-refractivity contribution in [2.75, 3.05) is 0 Å². The molecule has 0 unspecified atom stereocenters. The fraction of sp³-hybridized carbons (Fsp3) is 0.0391. The number of hydrogen-bond donors (Lipinski definition) is 0. The lowest BCUT2D eigenvalue weighted by Crippen LogP contribution is -2.28. The summed E-state index contributed by atoms with van der Waals surface area (Å²) in [6.07, 6.45) is 0. The molecule has 6 aromatic heterocycles. The first-order chi connectivity index (χ1) is 69.1. The molecule has 0 radical (unpaired) electrons. The van der Waals surface area contributed by atoms with Gasteiger partial charge in [-0.2, -0.15) is 0 Å². The molecule has 0 saturated heterocycles. The number of thiophene rings is 3. The zero-order valence-electron chi connectivity index (χ0n) is 76.1. The Morgan fingerprint density at radius 1 is 0.157 bits per heavy atom. The van der Waals surface area contributed by atoms with Gasteiger partial charge in [0.15, 0.2) is 52.4 Å². The van der Waals surface area contributed by atoms with Crippen molar-refractivity contribution in [1.29, 1.82) is 0 Å². The highest BCUT2D eigenvalue weighted by Gasteiger charge is 2.53. The van der Waals surface area contributed by atoms with Crippen molar-refractivity contribution in [3.63, 3.8) is 0 Å². The molecule has 4 aliphatic carbocycles. The van der Waals surface area contributed by atoms with Gasteiger partial charge in [-0.25, -0.2) is 44.9 Å². The van der Waals surface area contributed by atoms with Gasteiger partial charge in [0.1, 0.15) is 0 Å². The maximum Gasteiger partial charge on any atom is 0.164 e. The Hall–Kier alpha value is -17.1. The Morgan fingerprint density at radius 3 is 0.757 bits per heavy atom. The van der Waals surface area contributed by atoms with Crippen LogP contribution in [-0.2, 0) is 16.2 Å². The third-order valence-electron chi connectivity index (χ3n) is 28.7. The van der Waals surface area contributed by atoms with Gasteiger partial charge >= 0.3 is 0 Å². The normalized spacial score (nSPS) is 13.2. The van der Waals surface area contributed by atoms with Gasteiger partial charge in [-0.15, -0.1) is 34.0 Å². The van der Waals surface area contributed by atoms with E-state index in [0.29, 0.717) is 52.4 Å². The summed E-state index contributed by atoms with van der Waals surface area (Å²) in [5.41, 5.74) is 30.5. The molecule has 4 aliphatic rings. The van der Waals surface area contributed by atoms with Crippen molar-refractivity contribution in [2.24, 2.45) is 0 Å². The Labute approximate surface area is 820 Å². The van der Waals surface area contributed by atoms with Gasteiger partial charge in [-0.3, -0.25) is 0 Å². The van der Waals surface area contributed by atoms with E-state index in [0.717, 1.165) is 55.6 Å². The lowest BCUT2D eigenvalue weighted by atomic mass is 9.67. The summed E-state index contributed by atoms with van der Waals surface area (Å²) in [6, 6.07) is 162. The summed E-state index contributed by atoms with van der Waals surface area (Å²) >= 11 is 5.42. The van der Waals surface area contributed by atoms with Gasteiger partial charge < -0.3 is 0 Å². The molecule has 19 aromatic carbocycles. The first-order valence-electron chi connectivity index (χ1n) is 47.4. The predicted molar refractivity (Wildman–Crippen MR) is 578 cm³/mol. The lowest BCUT2D eigenvalue weighted by molar-refractivity contribution is 0.660. The molecule has 9 nitrogen and oxygen atoms in total. The van der Waals surface area contributed by atoms with E-state index in [1.165, 1.54) is 155 Å². The maximum atomic E-state index is 5.30. The topological polar surface area (TPSA) is 116 Å². The van der Waals surface area contributed by atoms with Crippen molar-refractivity contribution in [3.05, 3.63) is 511 Å². The van der Waals surface area contributed by atoms with E-state index in [1.54, 1.807) is 11.3 Å². The molecule has 0 bridgehead atoms. The summed E-state index contributed by atoms with van der Waals surface area (Å²) in [7, 11) is 0. The van der Waals surface area contributed by atoms with Gasteiger partial charge in [0.25, 0.3) is 0 Å². The van der Waals surface area contributed by atoms with Crippen LogP contribution in [0.1, 0.15) is 69.5 Å². The quantitative estimate of drug-likeness (QED) is 0.125. The van der Waals surface area contributed by atoms with Crippen molar-refractivity contribution in [1.82, 2.24) is 44.9 Å². The second-order valence-electron chi connectivity index (χ2n) is 36.7. The second kappa shape index (κ2) is 33.1. The van der Waals surface area contributed by atoms with Gasteiger partial charge in [0, 0.05) is 116 Å². The molecular formula is C128H81N9S3. The highest BCUT2D eigenvalue weighted by atomic mass is 32.1. The average molecular weight is 1840 g/mol. The summed E-state index contributed by atoms with van der Waals surface area (Å²) < 4.78 is 7.53.